The predicted octanol–water partition coefficient (Wildman–Crippen LogP) is -0.749. The fraction of sp³-hybridized carbons (Fsp3) is 0.667. The van der Waals surface area contributed by atoms with Crippen LogP contribution < -0.4 is 5.32 Å². The van der Waals surface area contributed by atoms with Gasteiger partial charge in [-0.15, -0.1) is 12.3 Å². The number of carboxylic acids is 1. The molecule has 1 amide bonds. The maximum absolute atomic E-state index is 12.0. The van der Waals surface area contributed by atoms with E-state index in [-0.39, 0.29) is 13.0 Å². The fourth-order valence-electron chi connectivity index (χ4n) is 2.07. The predicted molar refractivity (Wildman–Crippen MR) is 72.2 cm³/mol. The average Bonchev–Trinajstić information content (AvgIpc) is 2.37. The van der Waals surface area contributed by atoms with Crippen LogP contribution in [-0.4, -0.2) is 55.1 Å². The normalized spacial score (nSPS) is 21.7. The number of rotatable bonds is 5. The third-order valence-corrected chi connectivity index (χ3v) is 4.43. The molecule has 7 nitrogen and oxygen atoms in total. The molecule has 2 unspecified atom stereocenters. The van der Waals surface area contributed by atoms with Gasteiger partial charge in [0, 0.05) is 19.5 Å². The first-order valence-electron chi connectivity index (χ1n) is 6.17. The summed E-state index contributed by atoms with van der Waals surface area (Å²) < 4.78 is 24.2. The number of amides is 1. The lowest BCUT2D eigenvalue weighted by Gasteiger charge is -2.30. The molecule has 2 N–H and O–H groups in total. The number of carbonyl (C=O) groups is 2. The van der Waals surface area contributed by atoms with Crippen molar-refractivity contribution in [1.82, 2.24) is 9.62 Å². The molecule has 0 bridgehead atoms. The summed E-state index contributed by atoms with van der Waals surface area (Å²) in [6.07, 6.45) is 7.13. The monoisotopic (exact) mass is 302 g/mol. The Kier molecular flexibility index (Phi) is 5.53. The summed E-state index contributed by atoms with van der Waals surface area (Å²) in [7, 11) is -3.34. The largest absolute Gasteiger partial charge is 0.480 e. The maximum atomic E-state index is 12.0. The SMILES string of the molecule is C#CCC(NC(=O)C1CCCN(S(C)(=O)=O)C1)C(=O)O. The van der Waals surface area contributed by atoms with Crippen LogP contribution in [0.5, 0.6) is 0 Å². The summed E-state index contributed by atoms with van der Waals surface area (Å²) in [4.78, 5) is 22.9. The molecule has 0 aromatic carbocycles. The van der Waals surface area contributed by atoms with Crippen LogP contribution in [0.3, 0.4) is 0 Å². The molecule has 0 saturated carbocycles. The van der Waals surface area contributed by atoms with E-state index in [1.54, 1.807) is 0 Å². The number of nitrogens with one attached hydrogen (secondary N) is 1. The Balaban J connectivity index is 2.68. The van der Waals surface area contributed by atoms with Crippen LogP contribution in [0.4, 0.5) is 0 Å². The second-order valence-corrected chi connectivity index (χ2v) is 6.75. The van der Waals surface area contributed by atoms with Crippen molar-refractivity contribution in [3.8, 4) is 12.3 Å². The Morgan fingerprint density at radius 1 is 1.55 bits per heavy atom. The number of nitrogens with zero attached hydrogens (tertiary/aromatic N) is 1. The highest BCUT2D eigenvalue weighted by Gasteiger charge is 2.31. The highest BCUT2D eigenvalue weighted by molar-refractivity contribution is 7.88. The lowest BCUT2D eigenvalue weighted by molar-refractivity contribution is -0.142. The molecule has 1 saturated heterocycles. The van der Waals surface area contributed by atoms with Crippen LogP contribution in [-0.2, 0) is 19.6 Å². The van der Waals surface area contributed by atoms with Crippen molar-refractivity contribution in [3.05, 3.63) is 0 Å². The number of aliphatic carboxylic acids is 1. The van der Waals surface area contributed by atoms with Gasteiger partial charge in [-0.05, 0) is 12.8 Å². The summed E-state index contributed by atoms with van der Waals surface area (Å²) in [5, 5.41) is 11.3. The van der Waals surface area contributed by atoms with Gasteiger partial charge in [-0.25, -0.2) is 17.5 Å². The lowest BCUT2D eigenvalue weighted by Crippen LogP contribution is -2.49. The molecule has 0 aromatic rings. The second kappa shape index (κ2) is 6.72. The Labute approximate surface area is 118 Å². The zero-order valence-corrected chi connectivity index (χ0v) is 12.0. The Morgan fingerprint density at radius 2 is 2.20 bits per heavy atom. The van der Waals surface area contributed by atoms with Gasteiger partial charge in [0.25, 0.3) is 0 Å². The van der Waals surface area contributed by atoms with E-state index in [0.717, 1.165) is 6.26 Å². The molecular weight excluding hydrogens is 284 g/mol. The zero-order valence-electron chi connectivity index (χ0n) is 11.2. The lowest BCUT2D eigenvalue weighted by atomic mass is 9.98. The molecule has 112 valence electrons. The van der Waals surface area contributed by atoms with Crippen LogP contribution in [0.2, 0.25) is 0 Å². The first-order chi connectivity index (χ1) is 9.25. The quantitative estimate of drug-likeness (QED) is 0.650. The summed E-state index contributed by atoms with van der Waals surface area (Å²) in [5.74, 6) is -0.0279. The minimum atomic E-state index is -3.34. The highest BCUT2D eigenvalue weighted by Crippen LogP contribution is 2.19. The minimum Gasteiger partial charge on any atom is -0.480 e. The number of hydrogen-bond acceptors (Lipinski definition) is 4. The van der Waals surface area contributed by atoms with Crippen molar-refractivity contribution in [3.63, 3.8) is 0 Å². The van der Waals surface area contributed by atoms with Crippen LogP contribution in [0.25, 0.3) is 0 Å². The van der Waals surface area contributed by atoms with E-state index < -0.39 is 33.9 Å². The van der Waals surface area contributed by atoms with Crippen molar-refractivity contribution < 1.29 is 23.1 Å². The van der Waals surface area contributed by atoms with E-state index in [0.29, 0.717) is 19.4 Å². The van der Waals surface area contributed by atoms with Crippen LogP contribution in [0, 0.1) is 18.3 Å². The smallest absolute Gasteiger partial charge is 0.327 e. The molecule has 0 spiro atoms. The molecule has 1 rings (SSSR count). The van der Waals surface area contributed by atoms with Crippen LogP contribution in [0.15, 0.2) is 0 Å². The minimum absolute atomic E-state index is 0.0764. The molecule has 8 heteroatoms. The molecule has 1 aliphatic rings. The molecule has 1 heterocycles. The van der Waals surface area contributed by atoms with Gasteiger partial charge in [0.05, 0.1) is 12.2 Å². The van der Waals surface area contributed by atoms with Gasteiger partial charge in [0.1, 0.15) is 6.04 Å². The summed E-state index contributed by atoms with van der Waals surface area (Å²) in [6.45, 7) is 0.461. The average molecular weight is 302 g/mol. The highest BCUT2D eigenvalue weighted by atomic mass is 32.2. The van der Waals surface area contributed by atoms with Gasteiger partial charge < -0.3 is 10.4 Å². The molecule has 2 atom stereocenters. The van der Waals surface area contributed by atoms with Crippen molar-refractivity contribution in [1.29, 1.82) is 0 Å². The molecule has 0 aromatic heterocycles. The van der Waals surface area contributed by atoms with Crippen LogP contribution >= 0.6 is 0 Å². The first kappa shape index (κ1) is 16.5. The molecule has 1 aliphatic heterocycles. The molecule has 0 aliphatic carbocycles. The Bertz CT molecular complexity index is 522. The maximum Gasteiger partial charge on any atom is 0.327 e. The van der Waals surface area contributed by atoms with E-state index in [2.05, 4.69) is 11.2 Å². The molecule has 20 heavy (non-hydrogen) atoms. The molecule has 0 radical (unpaired) electrons. The van der Waals surface area contributed by atoms with Crippen molar-refractivity contribution in [2.75, 3.05) is 19.3 Å². The zero-order chi connectivity index (χ0) is 15.3. The number of sulfonamides is 1. The van der Waals surface area contributed by atoms with Gasteiger partial charge in [-0.1, -0.05) is 0 Å². The fourth-order valence-corrected chi connectivity index (χ4v) is 2.98. The van der Waals surface area contributed by atoms with Gasteiger partial charge in [-0.2, -0.15) is 0 Å². The van der Waals surface area contributed by atoms with Gasteiger partial charge in [-0.3, -0.25) is 4.79 Å². The summed E-state index contributed by atoms with van der Waals surface area (Å²) >= 11 is 0. The topological polar surface area (TPSA) is 104 Å². The third-order valence-electron chi connectivity index (χ3n) is 3.16. The Hall–Kier alpha value is -1.59. The summed E-state index contributed by atoms with van der Waals surface area (Å²) in [5.41, 5.74) is 0. The van der Waals surface area contributed by atoms with Crippen molar-refractivity contribution in [2.45, 2.75) is 25.3 Å². The molecular formula is C12H18N2O5S. The standard InChI is InChI=1S/C12H18N2O5S/c1-3-5-10(12(16)17)13-11(15)9-6-4-7-14(8-9)20(2,18)19/h1,9-10H,4-8H2,2H3,(H,13,15)(H,16,17). The van der Waals surface area contributed by atoms with Gasteiger partial charge in [0.15, 0.2) is 0 Å². The van der Waals surface area contributed by atoms with Crippen molar-refractivity contribution in [2.24, 2.45) is 5.92 Å². The Morgan fingerprint density at radius 3 is 2.70 bits per heavy atom. The van der Waals surface area contributed by atoms with E-state index in [1.807, 2.05) is 0 Å². The summed E-state index contributed by atoms with van der Waals surface area (Å²) in [6, 6.07) is -1.14. The molecule has 1 fully saturated rings. The number of hydrogen-bond donors (Lipinski definition) is 2. The number of carboxylic acid groups (broad SMARTS) is 1. The first-order valence-corrected chi connectivity index (χ1v) is 8.02. The van der Waals surface area contributed by atoms with Gasteiger partial charge >= 0.3 is 5.97 Å². The number of piperidine rings is 1. The second-order valence-electron chi connectivity index (χ2n) is 4.77. The number of terminal acetylenes is 1. The van der Waals surface area contributed by atoms with E-state index in [1.165, 1.54) is 4.31 Å². The third kappa shape index (κ3) is 4.51. The van der Waals surface area contributed by atoms with E-state index in [4.69, 9.17) is 11.5 Å². The number of carbonyl (C=O) groups excluding carboxylic acids is 1. The van der Waals surface area contributed by atoms with Crippen molar-refractivity contribution >= 4 is 21.9 Å². The van der Waals surface area contributed by atoms with E-state index >= 15 is 0 Å². The van der Waals surface area contributed by atoms with Crippen LogP contribution in [0.1, 0.15) is 19.3 Å². The van der Waals surface area contributed by atoms with E-state index in [9.17, 15) is 18.0 Å². The van der Waals surface area contributed by atoms with Gasteiger partial charge in [0.2, 0.25) is 15.9 Å².